The van der Waals surface area contributed by atoms with E-state index in [4.69, 9.17) is 9.47 Å². The molecule has 2 rings (SSSR count). The zero-order chi connectivity index (χ0) is 13.7. The van der Waals surface area contributed by atoms with Crippen molar-refractivity contribution in [1.82, 2.24) is 4.98 Å². The Morgan fingerprint density at radius 2 is 2.21 bits per heavy atom. The van der Waals surface area contributed by atoms with Crippen LogP contribution in [-0.2, 0) is 9.47 Å². The van der Waals surface area contributed by atoms with Crippen molar-refractivity contribution in [2.45, 2.75) is 6.92 Å². The van der Waals surface area contributed by atoms with Gasteiger partial charge in [0.05, 0.1) is 22.9 Å². The molecule has 19 heavy (non-hydrogen) atoms. The Bertz CT molecular complexity index is 565. The molecule has 5 heteroatoms. The van der Waals surface area contributed by atoms with Crippen molar-refractivity contribution in [1.29, 1.82) is 0 Å². The molecule has 1 aromatic carbocycles. The Labute approximate surface area is 116 Å². The van der Waals surface area contributed by atoms with E-state index in [2.05, 4.69) is 4.98 Å². The third kappa shape index (κ3) is 3.62. The Morgan fingerprint density at radius 1 is 1.37 bits per heavy atom. The summed E-state index contributed by atoms with van der Waals surface area (Å²) in [5.74, 6) is -0.342. The number of benzene rings is 1. The van der Waals surface area contributed by atoms with Crippen LogP contribution in [0, 0.1) is 6.92 Å². The molecule has 0 N–H and O–H groups in total. The van der Waals surface area contributed by atoms with Gasteiger partial charge in [-0.2, -0.15) is 0 Å². The van der Waals surface area contributed by atoms with Crippen molar-refractivity contribution >= 4 is 17.3 Å². The standard InChI is InChI=1S/C14H15NO3S/c1-10-15-13(9-19-10)11-4-3-5-12(8-11)14(16)18-7-6-17-2/h3-5,8-9H,6-7H2,1-2H3. The van der Waals surface area contributed by atoms with Gasteiger partial charge in [0.25, 0.3) is 0 Å². The summed E-state index contributed by atoms with van der Waals surface area (Å²) in [5.41, 5.74) is 2.33. The van der Waals surface area contributed by atoms with Crippen LogP contribution in [-0.4, -0.2) is 31.3 Å². The number of rotatable bonds is 5. The Morgan fingerprint density at radius 3 is 2.89 bits per heavy atom. The van der Waals surface area contributed by atoms with Crippen LogP contribution in [0.2, 0.25) is 0 Å². The molecule has 0 atom stereocenters. The van der Waals surface area contributed by atoms with Crippen LogP contribution < -0.4 is 0 Å². The summed E-state index contributed by atoms with van der Waals surface area (Å²) in [7, 11) is 1.57. The van der Waals surface area contributed by atoms with Crippen molar-refractivity contribution in [3.05, 3.63) is 40.2 Å². The van der Waals surface area contributed by atoms with Gasteiger partial charge in [-0.1, -0.05) is 12.1 Å². The minimum Gasteiger partial charge on any atom is -0.460 e. The van der Waals surface area contributed by atoms with Gasteiger partial charge in [0.15, 0.2) is 0 Å². The van der Waals surface area contributed by atoms with Crippen molar-refractivity contribution < 1.29 is 14.3 Å². The summed E-state index contributed by atoms with van der Waals surface area (Å²) >= 11 is 1.59. The number of methoxy groups -OCH3 is 1. The molecule has 1 aromatic heterocycles. The number of carbonyl (C=O) groups is 1. The number of carbonyl (C=O) groups excluding carboxylic acids is 1. The fourth-order valence-electron chi connectivity index (χ4n) is 1.60. The van der Waals surface area contributed by atoms with E-state index in [0.717, 1.165) is 16.3 Å². The van der Waals surface area contributed by atoms with E-state index in [0.29, 0.717) is 12.2 Å². The van der Waals surface area contributed by atoms with Crippen LogP contribution in [0.3, 0.4) is 0 Å². The van der Waals surface area contributed by atoms with Gasteiger partial charge in [-0.15, -0.1) is 11.3 Å². The first kappa shape index (κ1) is 13.7. The molecule has 0 aliphatic heterocycles. The van der Waals surface area contributed by atoms with Gasteiger partial charge in [0.2, 0.25) is 0 Å². The molecule has 1 heterocycles. The van der Waals surface area contributed by atoms with Gasteiger partial charge >= 0.3 is 5.97 Å². The summed E-state index contributed by atoms with van der Waals surface area (Å²) < 4.78 is 9.92. The van der Waals surface area contributed by atoms with Gasteiger partial charge in [-0.05, 0) is 19.1 Å². The number of thiazole rings is 1. The molecular formula is C14H15NO3S. The van der Waals surface area contributed by atoms with Gasteiger partial charge in [-0.3, -0.25) is 0 Å². The largest absolute Gasteiger partial charge is 0.460 e. The number of hydrogen-bond donors (Lipinski definition) is 0. The highest BCUT2D eigenvalue weighted by Gasteiger charge is 2.09. The molecule has 0 aliphatic carbocycles. The van der Waals surface area contributed by atoms with E-state index in [1.807, 2.05) is 24.4 Å². The van der Waals surface area contributed by atoms with Gasteiger partial charge in [-0.25, -0.2) is 9.78 Å². The lowest BCUT2D eigenvalue weighted by Crippen LogP contribution is -2.09. The van der Waals surface area contributed by atoms with Crippen molar-refractivity contribution in [3.8, 4) is 11.3 Å². The summed E-state index contributed by atoms with van der Waals surface area (Å²) in [6.45, 7) is 2.61. The molecule has 2 aromatic rings. The topological polar surface area (TPSA) is 48.4 Å². The first-order valence-electron chi connectivity index (χ1n) is 5.89. The maximum Gasteiger partial charge on any atom is 0.338 e. The second-order valence-electron chi connectivity index (χ2n) is 3.96. The van der Waals surface area contributed by atoms with Crippen LogP contribution in [0.4, 0.5) is 0 Å². The third-order valence-electron chi connectivity index (χ3n) is 2.53. The third-order valence-corrected chi connectivity index (χ3v) is 3.31. The molecule has 4 nitrogen and oxygen atoms in total. The predicted octanol–water partition coefficient (Wildman–Crippen LogP) is 2.92. The molecule has 0 amide bonds. The van der Waals surface area contributed by atoms with Crippen LogP contribution >= 0.6 is 11.3 Å². The quantitative estimate of drug-likeness (QED) is 0.623. The van der Waals surface area contributed by atoms with Crippen LogP contribution in [0.1, 0.15) is 15.4 Å². The number of aryl methyl sites for hydroxylation is 1. The monoisotopic (exact) mass is 277 g/mol. The van der Waals surface area contributed by atoms with Crippen LogP contribution in [0.15, 0.2) is 29.6 Å². The Hall–Kier alpha value is -1.72. The lowest BCUT2D eigenvalue weighted by molar-refractivity contribution is 0.0388. The molecule has 0 bridgehead atoms. The van der Waals surface area contributed by atoms with E-state index in [9.17, 15) is 4.79 Å². The second-order valence-corrected chi connectivity index (χ2v) is 5.02. The molecule has 0 fully saturated rings. The minimum absolute atomic E-state index is 0.259. The normalized spacial score (nSPS) is 10.4. The fourth-order valence-corrected chi connectivity index (χ4v) is 2.22. The number of aromatic nitrogens is 1. The highest BCUT2D eigenvalue weighted by Crippen LogP contribution is 2.22. The summed E-state index contributed by atoms with van der Waals surface area (Å²) in [4.78, 5) is 16.2. The highest BCUT2D eigenvalue weighted by atomic mass is 32.1. The van der Waals surface area contributed by atoms with Crippen molar-refractivity contribution in [3.63, 3.8) is 0 Å². The zero-order valence-electron chi connectivity index (χ0n) is 10.9. The number of ether oxygens (including phenoxy) is 2. The lowest BCUT2D eigenvalue weighted by atomic mass is 10.1. The maximum atomic E-state index is 11.8. The predicted molar refractivity (Wildman–Crippen MR) is 74.4 cm³/mol. The summed E-state index contributed by atoms with van der Waals surface area (Å²) in [5, 5.41) is 2.98. The van der Waals surface area contributed by atoms with Gasteiger partial charge in [0.1, 0.15) is 6.61 Å². The summed E-state index contributed by atoms with van der Waals surface area (Å²) in [6, 6.07) is 7.29. The van der Waals surface area contributed by atoms with Crippen LogP contribution in [0.25, 0.3) is 11.3 Å². The fraction of sp³-hybridized carbons (Fsp3) is 0.286. The average Bonchev–Trinajstić information content (AvgIpc) is 2.86. The molecule has 100 valence electrons. The number of hydrogen-bond acceptors (Lipinski definition) is 5. The molecular weight excluding hydrogens is 262 g/mol. The number of esters is 1. The van der Waals surface area contributed by atoms with Gasteiger partial charge < -0.3 is 9.47 Å². The lowest BCUT2D eigenvalue weighted by Gasteiger charge is -2.05. The Kier molecular flexibility index (Phi) is 4.65. The van der Waals surface area contributed by atoms with E-state index >= 15 is 0 Å². The SMILES string of the molecule is COCCOC(=O)c1cccc(-c2csc(C)n2)c1. The molecule has 0 aliphatic rings. The van der Waals surface area contributed by atoms with Crippen molar-refractivity contribution in [2.24, 2.45) is 0 Å². The van der Waals surface area contributed by atoms with E-state index < -0.39 is 0 Å². The smallest absolute Gasteiger partial charge is 0.338 e. The van der Waals surface area contributed by atoms with Gasteiger partial charge in [0, 0.05) is 18.1 Å². The average molecular weight is 277 g/mol. The van der Waals surface area contributed by atoms with Crippen molar-refractivity contribution in [2.75, 3.05) is 20.3 Å². The summed E-state index contributed by atoms with van der Waals surface area (Å²) in [6.07, 6.45) is 0. The van der Waals surface area contributed by atoms with Crippen LogP contribution in [0.5, 0.6) is 0 Å². The zero-order valence-corrected chi connectivity index (χ0v) is 11.7. The first-order valence-corrected chi connectivity index (χ1v) is 6.77. The highest BCUT2D eigenvalue weighted by molar-refractivity contribution is 7.09. The first-order chi connectivity index (χ1) is 9.20. The van der Waals surface area contributed by atoms with E-state index in [1.54, 1.807) is 30.6 Å². The van der Waals surface area contributed by atoms with E-state index in [1.165, 1.54) is 0 Å². The molecule has 0 radical (unpaired) electrons. The number of nitrogens with zero attached hydrogens (tertiary/aromatic N) is 1. The molecule has 0 saturated carbocycles. The molecule has 0 saturated heterocycles. The maximum absolute atomic E-state index is 11.8. The Balaban J connectivity index is 2.13. The molecule has 0 spiro atoms. The molecule has 0 unspecified atom stereocenters. The van der Waals surface area contributed by atoms with E-state index in [-0.39, 0.29) is 12.6 Å². The minimum atomic E-state index is -0.342. The second kappa shape index (κ2) is 6.45.